The van der Waals surface area contributed by atoms with E-state index in [4.69, 9.17) is 4.74 Å². The number of aromatic nitrogens is 2. The van der Waals surface area contributed by atoms with Gasteiger partial charge < -0.3 is 14.6 Å². The van der Waals surface area contributed by atoms with Gasteiger partial charge in [-0.1, -0.05) is 6.07 Å². The average Bonchev–Trinajstić information content (AvgIpc) is 2.95. The Hall–Kier alpha value is -2.39. The Morgan fingerprint density at radius 2 is 1.93 bits per heavy atom. The smallest absolute Gasteiger partial charge is 0.276 e. The molecule has 0 unspecified atom stereocenters. The van der Waals surface area contributed by atoms with E-state index in [0.717, 1.165) is 11.5 Å². The van der Waals surface area contributed by atoms with Crippen LogP contribution < -0.4 is 10.1 Å². The van der Waals surface area contributed by atoms with Crippen LogP contribution in [0.25, 0.3) is 0 Å². The highest BCUT2D eigenvalue weighted by atomic mass is 32.2. The highest BCUT2D eigenvalue weighted by Gasteiger charge is 2.29. The molecular weight excluding hydrogens is 380 g/mol. The Balaban J connectivity index is 1.77. The van der Waals surface area contributed by atoms with E-state index in [-0.39, 0.29) is 11.9 Å². The third kappa shape index (κ3) is 4.20. The number of rotatable bonds is 5. The van der Waals surface area contributed by atoms with Gasteiger partial charge in [-0.05, 0) is 38.8 Å². The van der Waals surface area contributed by atoms with E-state index < -0.39 is 10.0 Å². The van der Waals surface area contributed by atoms with Crippen molar-refractivity contribution in [2.45, 2.75) is 32.7 Å². The number of anilines is 1. The summed E-state index contributed by atoms with van der Waals surface area (Å²) in [5.74, 6) is 1.14. The minimum absolute atomic E-state index is 0.129. The molecule has 152 valence electrons. The van der Waals surface area contributed by atoms with Gasteiger partial charge in [0, 0.05) is 36.6 Å². The van der Waals surface area contributed by atoms with Crippen molar-refractivity contribution < 1.29 is 17.9 Å². The molecule has 1 N–H and O–H groups in total. The first-order chi connectivity index (χ1) is 13.2. The number of amides is 1. The number of carbonyl (C=O) groups is 1. The Morgan fingerprint density at radius 3 is 2.54 bits per heavy atom. The molecular formula is C19H26N4O4S. The molecule has 1 aromatic heterocycles. The van der Waals surface area contributed by atoms with Crippen molar-refractivity contribution in [2.75, 3.05) is 31.8 Å². The molecule has 28 heavy (non-hydrogen) atoms. The van der Waals surface area contributed by atoms with E-state index in [9.17, 15) is 13.2 Å². The molecule has 1 aromatic carbocycles. The van der Waals surface area contributed by atoms with Gasteiger partial charge in [0.25, 0.3) is 5.91 Å². The van der Waals surface area contributed by atoms with E-state index in [1.165, 1.54) is 10.6 Å². The molecule has 0 saturated carbocycles. The highest BCUT2D eigenvalue weighted by molar-refractivity contribution is 7.88. The average molecular weight is 407 g/mol. The molecule has 0 radical (unpaired) electrons. The van der Waals surface area contributed by atoms with Gasteiger partial charge in [-0.2, -0.15) is 0 Å². The second-order valence-electron chi connectivity index (χ2n) is 7.04. The number of carbonyl (C=O) groups excluding carboxylic acids is 1. The maximum absolute atomic E-state index is 12.8. The minimum Gasteiger partial charge on any atom is -0.497 e. The van der Waals surface area contributed by atoms with Gasteiger partial charge in [0.05, 0.1) is 13.4 Å². The Morgan fingerprint density at radius 1 is 1.25 bits per heavy atom. The van der Waals surface area contributed by atoms with Crippen LogP contribution in [0, 0.1) is 13.8 Å². The summed E-state index contributed by atoms with van der Waals surface area (Å²) in [4.78, 5) is 17.2. The van der Waals surface area contributed by atoms with Crippen LogP contribution in [0.2, 0.25) is 0 Å². The molecule has 0 atom stereocenters. The highest BCUT2D eigenvalue weighted by Crippen LogP contribution is 2.28. The standard InChI is InChI=1S/C19H26N4O4S/c1-13-18(19(24)21-15-6-5-7-17(12-15)27-3)20-14(2)23(13)16-8-10-22(11-9-16)28(4,25)26/h5-7,12,16H,8-11H2,1-4H3,(H,21,24). The van der Waals surface area contributed by atoms with Crippen LogP contribution in [0.3, 0.4) is 0 Å². The zero-order chi connectivity index (χ0) is 20.5. The monoisotopic (exact) mass is 406 g/mol. The maximum atomic E-state index is 12.8. The minimum atomic E-state index is -3.17. The van der Waals surface area contributed by atoms with Crippen LogP contribution in [-0.4, -0.2) is 54.6 Å². The SMILES string of the molecule is COc1cccc(NC(=O)c2nc(C)n(C3CCN(S(C)(=O)=O)CC3)c2C)c1. The quantitative estimate of drug-likeness (QED) is 0.823. The number of piperidine rings is 1. The van der Waals surface area contributed by atoms with Gasteiger partial charge in [0.15, 0.2) is 0 Å². The van der Waals surface area contributed by atoms with E-state index in [0.29, 0.717) is 43.1 Å². The molecule has 2 heterocycles. The van der Waals surface area contributed by atoms with Gasteiger partial charge in [0.2, 0.25) is 10.0 Å². The van der Waals surface area contributed by atoms with Gasteiger partial charge in [0.1, 0.15) is 17.3 Å². The number of sulfonamides is 1. The number of nitrogens with zero attached hydrogens (tertiary/aromatic N) is 3. The van der Waals surface area contributed by atoms with Crippen molar-refractivity contribution in [3.63, 3.8) is 0 Å². The Kier molecular flexibility index (Phi) is 5.76. The van der Waals surface area contributed by atoms with E-state index in [2.05, 4.69) is 14.9 Å². The number of nitrogens with one attached hydrogen (secondary N) is 1. The number of methoxy groups -OCH3 is 1. The fraction of sp³-hybridized carbons (Fsp3) is 0.474. The van der Waals surface area contributed by atoms with Gasteiger partial charge in [-0.3, -0.25) is 4.79 Å². The van der Waals surface area contributed by atoms with Crippen LogP contribution in [0.4, 0.5) is 5.69 Å². The Bertz CT molecular complexity index is 976. The fourth-order valence-electron chi connectivity index (χ4n) is 3.73. The van der Waals surface area contributed by atoms with Crippen LogP contribution >= 0.6 is 0 Å². The van der Waals surface area contributed by atoms with Crippen molar-refractivity contribution in [3.05, 3.63) is 41.5 Å². The molecule has 2 aromatic rings. The lowest BCUT2D eigenvalue weighted by Crippen LogP contribution is -2.38. The fourth-order valence-corrected chi connectivity index (χ4v) is 4.60. The first kappa shape index (κ1) is 20.3. The number of hydrogen-bond donors (Lipinski definition) is 1. The molecule has 1 aliphatic rings. The largest absolute Gasteiger partial charge is 0.497 e. The summed E-state index contributed by atoms with van der Waals surface area (Å²) in [5, 5.41) is 2.86. The van der Waals surface area contributed by atoms with Gasteiger partial charge >= 0.3 is 0 Å². The lowest BCUT2D eigenvalue weighted by atomic mass is 10.1. The summed E-state index contributed by atoms with van der Waals surface area (Å²) in [6.45, 7) is 4.71. The number of ether oxygens (including phenoxy) is 1. The molecule has 3 rings (SSSR count). The van der Waals surface area contributed by atoms with E-state index in [1.807, 2.05) is 19.9 Å². The van der Waals surface area contributed by atoms with Crippen molar-refractivity contribution >= 4 is 21.6 Å². The lowest BCUT2D eigenvalue weighted by molar-refractivity contribution is 0.102. The molecule has 1 aliphatic heterocycles. The van der Waals surface area contributed by atoms with Crippen LogP contribution in [-0.2, 0) is 10.0 Å². The molecule has 9 heteroatoms. The topological polar surface area (TPSA) is 93.5 Å². The Labute approximate surface area is 165 Å². The third-order valence-corrected chi connectivity index (χ3v) is 6.43. The summed E-state index contributed by atoms with van der Waals surface area (Å²) in [5.41, 5.74) is 1.80. The van der Waals surface area contributed by atoms with Crippen LogP contribution in [0.15, 0.2) is 24.3 Å². The van der Waals surface area contributed by atoms with E-state index in [1.54, 1.807) is 25.3 Å². The number of imidazole rings is 1. The summed E-state index contributed by atoms with van der Waals surface area (Å²) in [6, 6.07) is 7.28. The van der Waals surface area contributed by atoms with Crippen molar-refractivity contribution in [1.82, 2.24) is 13.9 Å². The number of aryl methyl sites for hydroxylation is 1. The molecule has 0 aliphatic carbocycles. The van der Waals surface area contributed by atoms with Crippen molar-refractivity contribution in [3.8, 4) is 5.75 Å². The zero-order valence-electron chi connectivity index (χ0n) is 16.6. The van der Waals surface area contributed by atoms with Crippen LogP contribution in [0.1, 0.15) is 40.9 Å². The normalized spacial score (nSPS) is 16.1. The first-order valence-electron chi connectivity index (χ1n) is 9.16. The molecule has 1 amide bonds. The second-order valence-corrected chi connectivity index (χ2v) is 9.02. The molecule has 0 bridgehead atoms. The van der Waals surface area contributed by atoms with E-state index >= 15 is 0 Å². The summed E-state index contributed by atoms with van der Waals surface area (Å²) < 4.78 is 32.2. The van der Waals surface area contributed by atoms with Crippen molar-refractivity contribution in [1.29, 1.82) is 0 Å². The maximum Gasteiger partial charge on any atom is 0.276 e. The summed E-state index contributed by atoms with van der Waals surface area (Å²) in [6.07, 6.45) is 2.63. The number of benzene rings is 1. The predicted octanol–water partition coefficient (Wildman–Crippen LogP) is 2.36. The first-order valence-corrected chi connectivity index (χ1v) is 11.0. The molecule has 1 saturated heterocycles. The molecule has 8 nitrogen and oxygen atoms in total. The predicted molar refractivity (Wildman–Crippen MR) is 107 cm³/mol. The zero-order valence-corrected chi connectivity index (χ0v) is 17.4. The summed E-state index contributed by atoms with van der Waals surface area (Å²) >= 11 is 0. The van der Waals surface area contributed by atoms with Gasteiger partial charge in [-0.25, -0.2) is 17.7 Å². The third-order valence-electron chi connectivity index (χ3n) is 5.13. The number of hydrogen-bond acceptors (Lipinski definition) is 5. The second kappa shape index (κ2) is 7.92. The van der Waals surface area contributed by atoms with Gasteiger partial charge in [-0.15, -0.1) is 0 Å². The summed E-state index contributed by atoms with van der Waals surface area (Å²) in [7, 11) is -1.59. The lowest BCUT2D eigenvalue weighted by Gasteiger charge is -2.32. The molecule has 1 fully saturated rings. The van der Waals surface area contributed by atoms with Crippen LogP contribution in [0.5, 0.6) is 5.75 Å². The molecule has 0 spiro atoms. The van der Waals surface area contributed by atoms with Crippen molar-refractivity contribution in [2.24, 2.45) is 0 Å².